The largest absolute Gasteiger partial charge is 0.478 e. The van der Waals surface area contributed by atoms with E-state index in [0.29, 0.717) is 11.3 Å². The van der Waals surface area contributed by atoms with Gasteiger partial charge in [-0.1, -0.05) is 42.2 Å². The second-order valence-corrected chi connectivity index (χ2v) is 4.87. The highest BCUT2D eigenvalue weighted by Gasteiger charge is 2.04. The summed E-state index contributed by atoms with van der Waals surface area (Å²) >= 11 is 0. The predicted octanol–water partition coefficient (Wildman–Crippen LogP) is 2.24. The zero-order valence-electron chi connectivity index (χ0n) is 12.8. The summed E-state index contributed by atoms with van der Waals surface area (Å²) in [5.41, 5.74) is 7.36. The number of nitrogen functional groups attached to an aromatic ring is 1. The van der Waals surface area contributed by atoms with Crippen molar-refractivity contribution in [2.24, 2.45) is 0 Å². The summed E-state index contributed by atoms with van der Waals surface area (Å²) in [4.78, 5) is 22.5. The Morgan fingerprint density at radius 3 is 2.62 bits per heavy atom. The van der Waals surface area contributed by atoms with Crippen LogP contribution >= 0.6 is 0 Å². The number of carboxylic acid groups (broad SMARTS) is 1. The first-order valence-corrected chi connectivity index (χ1v) is 7.12. The van der Waals surface area contributed by atoms with Crippen molar-refractivity contribution in [2.75, 3.05) is 12.3 Å². The van der Waals surface area contributed by atoms with Crippen molar-refractivity contribution in [3.05, 3.63) is 65.2 Å². The SMILES string of the molecule is Nc1cc(C#CCNC(=O)OCc2ccccc2)cc(C(=O)O)c1. The first-order valence-electron chi connectivity index (χ1n) is 7.12. The van der Waals surface area contributed by atoms with Crippen LogP contribution in [0.25, 0.3) is 0 Å². The van der Waals surface area contributed by atoms with Crippen LogP contribution in [-0.4, -0.2) is 23.7 Å². The number of carbonyl (C=O) groups excluding carboxylic acids is 1. The number of carbonyl (C=O) groups is 2. The van der Waals surface area contributed by atoms with Gasteiger partial charge in [0.25, 0.3) is 0 Å². The molecule has 24 heavy (non-hydrogen) atoms. The van der Waals surface area contributed by atoms with Crippen molar-refractivity contribution in [1.29, 1.82) is 0 Å². The number of hydrogen-bond donors (Lipinski definition) is 3. The van der Waals surface area contributed by atoms with E-state index in [1.165, 1.54) is 12.1 Å². The molecule has 0 saturated heterocycles. The quantitative estimate of drug-likeness (QED) is 0.591. The highest BCUT2D eigenvalue weighted by Crippen LogP contribution is 2.11. The molecule has 0 aliphatic rings. The molecular weight excluding hydrogens is 308 g/mol. The van der Waals surface area contributed by atoms with Gasteiger partial charge >= 0.3 is 12.1 Å². The van der Waals surface area contributed by atoms with Gasteiger partial charge in [0, 0.05) is 11.3 Å². The van der Waals surface area contributed by atoms with E-state index >= 15 is 0 Å². The highest BCUT2D eigenvalue weighted by molar-refractivity contribution is 5.89. The molecular formula is C18H16N2O4. The van der Waals surface area contributed by atoms with Gasteiger partial charge in [-0.3, -0.25) is 0 Å². The molecule has 2 aromatic rings. The summed E-state index contributed by atoms with van der Waals surface area (Å²) in [6, 6.07) is 13.6. The first-order chi connectivity index (χ1) is 11.5. The lowest BCUT2D eigenvalue weighted by molar-refractivity contribution is 0.0697. The molecule has 1 amide bonds. The molecule has 122 valence electrons. The Morgan fingerprint density at radius 1 is 1.17 bits per heavy atom. The predicted molar refractivity (Wildman–Crippen MR) is 89.3 cm³/mol. The average molecular weight is 324 g/mol. The number of aromatic carboxylic acids is 1. The average Bonchev–Trinajstić information content (AvgIpc) is 2.57. The zero-order valence-corrected chi connectivity index (χ0v) is 12.8. The molecule has 0 aliphatic heterocycles. The summed E-state index contributed by atoms with van der Waals surface area (Å²) < 4.78 is 5.03. The number of hydrogen-bond acceptors (Lipinski definition) is 4. The van der Waals surface area contributed by atoms with E-state index < -0.39 is 12.1 Å². The molecule has 4 N–H and O–H groups in total. The van der Waals surface area contributed by atoms with Gasteiger partial charge in [-0.15, -0.1) is 0 Å². The number of alkyl carbamates (subject to hydrolysis) is 1. The molecule has 2 aromatic carbocycles. The van der Waals surface area contributed by atoms with Gasteiger partial charge in [-0.05, 0) is 23.8 Å². The van der Waals surface area contributed by atoms with E-state index in [-0.39, 0.29) is 18.7 Å². The smallest absolute Gasteiger partial charge is 0.408 e. The molecule has 0 bridgehead atoms. The van der Waals surface area contributed by atoms with Crippen LogP contribution in [0.1, 0.15) is 21.5 Å². The lowest BCUT2D eigenvalue weighted by atomic mass is 10.1. The Morgan fingerprint density at radius 2 is 1.92 bits per heavy atom. The molecule has 6 nitrogen and oxygen atoms in total. The number of carboxylic acids is 1. The molecule has 6 heteroatoms. The monoisotopic (exact) mass is 324 g/mol. The molecule has 0 atom stereocenters. The minimum absolute atomic E-state index is 0.0644. The molecule has 0 radical (unpaired) electrons. The van der Waals surface area contributed by atoms with E-state index in [2.05, 4.69) is 17.2 Å². The lowest BCUT2D eigenvalue weighted by Gasteiger charge is -2.04. The maximum Gasteiger partial charge on any atom is 0.408 e. The van der Waals surface area contributed by atoms with Gasteiger partial charge < -0.3 is 20.9 Å². The van der Waals surface area contributed by atoms with Crippen LogP contribution in [0.5, 0.6) is 0 Å². The standard InChI is InChI=1S/C18H16N2O4/c19-16-10-14(9-15(11-16)17(21)22)7-4-8-20-18(23)24-12-13-5-2-1-3-6-13/h1-3,5-6,9-11H,8,12,19H2,(H,20,23)(H,21,22). The Balaban J connectivity index is 1.83. The highest BCUT2D eigenvalue weighted by atomic mass is 16.5. The summed E-state index contributed by atoms with van der Waals surface area (Å²) in [5, 5.41) is 11.4. The van der Waals surface area contributed by atoms with E-state index in [0.717, 1.165) is 5.56 Å². The number of ether oxygens (including phenoxy) is 1. The number of amides is 1. The van der Waals surface area contributed by atoms with Gasteiger partial charge in [0.2, 0.25) is 0 Å². The number of nitrogens with one attached hydrogen (secondary N) is 1. The summed E-state index contributed by atoms with van der Waals surface area (Å²) in [7, 11) is 0. The maximum atomic E-state index is 11.5. The van der Waals surface area contributed by atoms with Gasteiger partial charge in [-0.2, -0.15) is 0 Å². The fraction of sp³-hybridized carbons (Fsp3) is 0.111. The Hall–Kier alpha value is -3.46. The third-order valence-electron chi connectivity index (χ3n) is 2.97. The Labute approximate surface area is 139 Å². The molecule has 0 fully saturated rings. The Bertz CT molecular complexity index is 792. The van der Waals surface area contributed by atoms with Gasteiger partial charge in [0.1, 0.15) is 6.61 Å². The van der Waals surface area contributed by atoms with Crippen LogP contribution in [0.2, 0.25) is 0 Å². The fourth-order valence-corrected chi connectivity index (χ4v) is 1.88. The van der Waals surface area contributed by atoms with E-state index in [1.807, 2.05) is 30.3 Å². The normalized spacial score (nSPS) is 9.50. The second-order valence-electron chi connectivity index (χ2n) is 4.87. The van der Waals surface area contributed by atoms with Gasteiger partial charge in [0.15, 0.2) is 0 Å². The van der Waals surface area contributed by atoms with Gasteiger partial charge in [-0.25, -0.2) is 9.59 Å². The molecule has 0 unspecified atom stereocenters. The van der Waals surface area contributed by atoms with Crippen molar-refractivity contribution >= 4 is 17.7 Å². The zero-order chi connectivity index (χ0) is 17.4. The summed E-state index contributed by atoms with van der Waals surface area (Å²) in [6.07, 6.45) is -0.577. The first kappa shape index (κ1) is 16.9. The lowest BCUT2D eigenvalue weighted by Crippen LogP contribution is -2.24. The fourth-order valence-electron chi connectivity index (χ4n) is 1.88. The maximum absolute atomic E-state index is 11.5. The van der Waals surface area contributed by atoms with E-state index in [1.54, 1.807) is 6.07 Å². The molecule has 2 rings (SSSR count). The molecule has 0 spiro atoms. The third-order valence-corrected chi connectivity index (χ3v) is 2.97. The molecule has 0 aromatic heterocycles. The molecule has 0 heterocycles. The van der Waals surface area contributed by atoms with Crippen LogP contribution in [0.3, 0.4) is 0 Å². The number of benzene rings is 2. The summed E-state index contributed by atoms with van der Waals surface area (Å²) in [6.45, 7) is 0.252. The minimum atomic E-state index is -1.08. The third kappa shape index (κ3) is 5.39. The number of anilines is 1. The van der Waals surface area contributed by atoms with E-state index in [4.69, 9.17) is 15.6 Å². The number of rotatable bonds is 4. The molecule has 0 aliphatic carbocycles. The van der Waals surface area contributed by atoms with Crippen molar-refractivity contribution in [3.63, 3.8) is 0 Å². The van der Waals surface area contributed by atoms with Crippen molar-refractivity contribution in [2.45, 2.75) is 6.61 Å². The van der Waals surface area contributed by atoms with Crippen LogP contribution in [0.4, 0.5) is 10.5 Å². The van der Waals surface area contributed by atoms with Crippen LogP contribution in [0, 0.1) is 11.8 Å². The Kier molecular flexibility index (Phi) is 5.81. The van der Waals surface area contributed by atoms with Crippen LogP contribution < -0.4 is 11.1 Å². The van der Waals surface area contributed by atoms with Crippen LogP contribution in [0.15, 0.2) is 48.5 Å². The number of nitrogens with two attached hydrogens (primary N) is 1. The van der Waals surface area contributed by atoms with Crippen molar-refractivity contribution in [3.8, 4) is 11.8 Å². The van der Waals surface area contributed by atoms with Crippen molar-refractivity contribution < 1.29 is 19.4 Å². The second kappa shape index (κ2) is 8.25. The minimum Gasteiger partial charge on any atom is -0.478 e. The molecule has 0 saturated carbocycles. The van der Waals surface area contributed by atoms with Gasteiger partial charge in [0.05, 0.1) is 12.1 Å². The summed E-state index contributed by atoms with van der Waals surface area (Å²) in [5.74, 6) is 4.38. The van der Waals surface area contributed by atoms with Crippen LogP contribution in [-0.2, 0) is 11.3 Å². The van der Waals surface area contributed by atoms with Crippen molar-refractivity contribution in [1.82, 2.24) is 5.32 Å². The van der Waals surface area contributed by atoms with E-state index in [9.17, 15) is 9.59 Å². The topological polar surface area (TPSA) is 102 Å².